The summed E-state index contributed by atoms with van der Waals surface area (Å²) < 4.78 is 0. The molecule has 0 aliphatic heterocycles. The summed E-state index contributed by atoms with van der Waals surface area (Å²) in [6, 6.07) is -0.547. The molecule has 1 unspecified atom stereocenters. The predicted octanol–water partition coefficient (Wildman–Crippen LogP) is 1.81. The van der Waals surface area contributed by atoms with Crippen LogP contribution < -0.4 is 16.4 Å². The zero-order valence-electron chi connectivity index (χ0n) is 15.3. The summed E-state index contributed by atoms with van der Waals surface area (Å²) in [6.07, 6.45) is 7.02. The van der Waals surface area contributed by atoms with Gasteiger partial charge in [0.25, 0.3) is 0 Å². The SMILES string of the molecule is CC(C)C(NC(=O)C12CC3CC(CC(C3)C1)C2)C(=O)N[C@@H](C)CN. The van der Waals surface area contributed by atoms with Gasteiger partial charge in [0.1, 0.15) is 6.04 Å². The van der Waals surface area contributed by atoms with Crippen LogP contribution in [0.5, 0.6) is 0 Å². The molecule has 2 amide bonds. The lowest BCUT2D eigenvalue weighted by Crippen LogP contribution is -2.59. The van der Waals surface area contributed by atoms with Crippen molar-refractivity contribution in [3.8, 4) is 0 Å². The number of hydrogen-bond donors (Lipinski definition) is 3. The molecule has 24 heavy (non-hydrogen) atoms. The van der Waals surface area contributed by atoms with Crippen LogP contribution >= 0.6 is 0 Å². The third-order valence-corrected chi connectivity index (χ3v) is 6.50. The Kier molecular flexibility index (Phi) is 4.92. The summed E-state index contributed by atoms with van der Waals surface area (Å²) in [7, 11) is 0. The van der Waals surface area contributed by atoms with Gasteiger partial charge >= 0.3 is 0 Å². The minimum Gasteiger partial charge on any atom is -0.351 e. The third kappa shape index (κ3) is 3.32. The zero-order valence-corrected chi connectivity index (χ0v) is 15.3. The van der Waals surface area contributed by atoms with Gasteiger partial charge in [0.2, 0.25) is 11.8 Å². The highest BCUT2D eigenvalue weighted by Crippen LogP contribution is 2.60. The molecular weight excluding hydrogens is 302 g/mol. The molecule has 4 N–H and O–H groups in total. The highest BCUT2D eigenvalue weighted by atomic mass is 16.2. The molecule has 0 aromatic rings. The van der Waals surface area contributed by atoms with Gasteiger partial charge in [-0.1, -0.05) is 13.8 Å². The predicted molar refractivity (Wildman–Crippen MR) is 94.0 cm³/mol. The third-order valence-electron chi connectivity index (χ3n) is 6.50. The number of carbonyl (C=O) groups is 2. The molecule has 4 aliphatic rings. The molecule has 5 heteroatoms. The Morgan fingerprint density at radius 2 is 1.50 bits per heavy atom. The van der Waals surface area contributed by atoms with Gasteiger partial charge in [-0.3, -0.25) is 9.59 Å². The quantitative estimate of drug-likeness (QED) is 0.692. The number of hydrogen-bond acceptors (Lipinski definition) is 3. The first kappa shape index (κ1) is 17.7. The van der Waals surface area contributed by atoms with Crippen molar-refractivity contribution in [3.05, 3.63) is 0 Å². The van der Waals surface area contributed by atoms with Crippen molar-refractivity contribution < 1.29 is 9.59 Å². The molecule has 0 aromatic heterocycles. The van der Waals surface area contributed by atoms with Crippen LogP contribution in [0.3, 0.4) is 0 Å². The second-order valence-corrected chi connectivity index (χ2v) is 9.04. The van der Waals surface area contributed by atoms with E-state index in [4.69, 9.17) is 5.73 Å². The molecule has 4 aliphatic carbocycles. The Labute approximate surface area is 145 Å². The minimum atomic E-state index is -0.473. The van der Waals surface area contributed by atoms with Crippen LogP contribution in [0, 0.1) is 29.1 Å². The van der Waals surface area contributed by atoms with E-state index in [-0.39, 0.29) is 29.2 Å². The molecule has 2 atom stereocenters. The Hall–Kier alpha value is -1.10. The zero-order chi connectivity index (χ0) is 17.5. The van der Waals surface area contributed by atoms with Crippen molar-refractivity contribution in [2.45, 2.75) is 71.4 Å². The molecule has 0 aromatic carbocycles. The van der Waals surface area contributed by atoms with E-state index in [1.165, 1.54) is 19.3 Å². The fraction of sp³-hybridized carbons (Fsp3) is 0.895. The fourth-order valence-electron chi connectivity index (χ4n) is 5.61. The van der Waals surface area contributed by atoms with Crippen LogP contribution in [-0.4, -0.2) is 30.4 Å². The van der Waals surface area contributed by atoms with E-state index in [0.29, 0.717) is 6.54 Å². The van der Waals surface area contributed by atoms with Gasteiger partial charge in [-0.15, -0.1) is 0 Å². The van der Waals surface area contributed by atoms with E-state index in [0.717, 1.165) is 37.0 Å². The first-order chi connectivity index (χ1) is 11.3. The number of rotatable bonds is 6. The van der Waals surface area contributed by atoms with Crippen LogP contribution in [0.25, 0.3) is 0 Å². The van der Waals surface area contributed by atoms with Crippen LogP contribution in [0.4, 0.5) is 0 Å². The molecule has 4 rings (SSSR count). The van der Waals surface area contributed by atoms with Crippen molar-refractivity contribution in [2.24, 2.45) is 34.8 Å². The van der Waals surface area contributed by atoms with Gasteiger partial charge in [0.05, 0.1) is 0 Å². The smallest absolute Gasteiger partial charge is 0.243 e. The average Bonchev–Trinajstić information content (AvgIpc) is 2.50. The normalized spacial score (nSPS) is 36.5. The lowest BCUT2D eigenvalue weighted by atomic mass is 9.49. The lowest BCUT2D eigenvalue weighted by Gasteiger charge is -2.55. The van der Waals surface area contributed by atoms with Crippen LogP contribution in [0.2, 0.25) is 0 Å². The number of nitrogens with two attached hydrogens (primary N) is 1. The summed E-state index contributed by atoms with van der Waals surface area (Å²) in [5.41, 5.74) is 5.39. The van der Waals surface area contributed by atoms with Gasteiger partial charge in [-0.25, -0.2) is 0 Å². The molecule has 0 heterocycles. The molecule has 136 valence electrons. The molecule has 5 nitrogen and oxygen atoms in total. The lowest BCUT2D eigenvalue weighted by molar-refractivity contribution is -0.149. The number of carbonyl (C=O) groups excluding carboxylic acids is 2. The minimum absolute atomic E-state index is 0.0628. The molecule has 0 radical (unpaired) electrons. The largest absolute Gasteiger partial charge is 0.351 e. The summed E-state index contributed by atoms with van der Waals surface area (Å²) in [5, 5.41) is 6.02. The van der Waals surface area contributed by atoms with Crippen LogP contribution in [0.1, 0.15) is 59.3 Å². The Morgan fingerprint density at radius 3 is 1.92 bits per heavy atom. The summed E-state index contributed by atoms with van der Waals surface area (Å²) >= 11 is 0. The molecule has 0 spiro atoms. The summed E-state index contributed by atoms with van der Waals surface area (Å²) in [5.74, 6) is 2.26. The monoisotopic (exact) mass is 335 g/mol. The standard InChI is InChI=1S/C19H33N3O2/c1-11(2)16(17(23)21-12(3)10-20)22-18(24)19-7-13-4-14(8-19)6-15(5-13)9-19/h11-16H,4-10,20H2,1-3H3,(H,21,23)(H,22,24)/t12-,13?,14?,15?,16?,19?/m0/s1. The van der Waals surface area contributed by atoms with Gasteiger partial charge in [0, 0.05) is 18.0 Å². The van der Waals surface area contributed by atoms with E-state index in [1.807, 2.05) is 20.8 Å². The van der Waals surface area contributed by atoms with Gasteiger partial charge in [-0.2, -0.15) is 0 Å². The van der Waals surface area contributed by atoms with E-state index in [2.05, 4.69) is 10.6 Å². The number of nitrogens with one attached hydrogen (secondary N) is 2. The maximum Gasteiger partial charge on any atom is 0.243 e. The maximum atomic E-state index is 13.2. The fourth-order valence-corrected chi connectivity index (χ4v) is 5.61. The Morgan fingerprint density at radius 1 is 1.00 bits per heavy atom. The Bertz CT molecular complexity index is 468. The van der Waals surface area contributed by atoms with Crippen molar-refractivity contribution >= 4 is 11.8 Å². The average molecular weight is 335 g/mol. The summed E-state index contributed by atoms with van der Waals surface area (Å²) in [6.45, 7) is 6.25. The van der Waals surface area contributed by atoms with E-state index in [9.17, 15) is 9.59 Å². The highest BCUT2D eigenvalue weighted by Gasteiger charge is 2.55. The van der Waals surface area contributed by atoms with E-state index < -0.39 is 6.04 Å². The van der Waals surface area contributed by atoms with E-state index in [1.54, 1.807) is 0 Å². The second kappa shape index (κ2) is 6.66. The first-order valence-electron chi connectivity index (χ1n) is 9.64. The van der Waals surface area contributed by atoms with Gasteiger partial charge in [-0.05, 0) is 69.1 Å². The highest BCUT2D eigenvalue weighted by molar-refractivity contribution is 5.90. The van der Waals surface area contributed by atoms with E-state index >= 15 is 0 Å². The van der Waals surface area contributed by atoms with Crippen molar-refractivity contribution in [3.63, 3.8) is 0 Å². The van der Waals surface area contributed by atoms with Crippen LogP contribution in [-0.2, 0) is 9.59 Å². The first-order valence-corrected chi connectivity index (χ1v) is 9.64. The van der Waals surface area contributed by atoms with Crippen molar-refractivity contribution in [2.75, 3.05) is 6.54 Å². The molecule has 4 saturated carbocycles. The van der Waals surface area contributed by atoms with Gasteiger partial charge < -0.3 is 16.4 Å². The Balaban J connectivity index is 1.69. The molecule has 4 fully saturated rings. The molecular formula is C19H33N3O2. The molecule has 4 bridgehead atoms. The maximum absolute atomic E-state index is 13.2. The summed E-state index contributed by atoms with van der Waals surface area (Å²) in [4.78, 5) is 25.7. The van der Waals surface area contributed by atoms with Crippen LogP contribution in [0.15, 0.2) is 0 Å². The van der Waals surface area contributed by atoms with Gasteiger partial charge in [0.15, 0.2) is 0 Å². The van der Waals surface area contributed by atoms with Crippen molar-refractivity contribution in [1.82, 2.24) is 10.6 Å². The van der Waals surface area contributed by atoms with Crippen molar-refractivity contribution in [1.29, 1.82) is 0 Å². The topological polar surface area (TPSA) is 84.2 Å². The number of amides is 2. The molecule has 0 saturated heterocycles. The second-order valence-electron chi connectivity index (χ2n) is 9.04.